The molecule has 1 aromatic carbocycles. The lowest BCUT2D eigenvalue weighted by Crippen LogP contribution is -2.58. The molecule has 4 N–H and O–H groups in total. The van der Waals surface area contributed by atoms with Crippen LogP contribution in [0.4, 0.5) is 0 Å². The molecule has 0 aliphatic heterocycles. The highest BCUT2D eigenvalue weighted by molar-refractivity contribution is 9.10. The Morgan fingerprint density at radius 1 is 1.40 bits per heavy atom. The molecule has 2 aromatic rings. The number of aliphatic carboxylic acids is 1. The molecule has 134 valence electrons. The lowest BCUT2D eigenvalue weighted by molar-refractivity contribution is -0.161. The van der Waals surface area contributed by atoms with Crippen molar-refractivity contribution >= 4 is 21.9 Å². The average molecular weight is 411 g/mol. The van der Waals surface area contributed by atoms with Crippen LogP contribution in [0.2, 0.25) is 0 Å². The number of nitrogens with two attached hydrogens (primary N) is 1. The maximum Gasteiger partial charge on any atom is 0.337 e. The number of aliphatic hydroxyl groups is 1. The van der Waals surface area contributed by atoms with Crippen molar-refractivity contribution < 1.29 is 24.5 Å². The number of aromatic nitrogens is 1. The van der Waals surface area contributed by atoms with Crippen LogP contribution < -0.4 is 15.2 Å². The lowest BCUT2D eigenvalue weighted by Gasteiger charge is -2.29. The largest absolute Gasteiger partial charge is 0.497 e. The average Bonchev–Trinajstić information content (AvgIpc) is 2.60. The van der Waals surface area contributed by atoms with E-state index < -0.39 is 17.6 Å². The van der Waals surface area contributed by atoms with Gasteiger partial charge in [0.1, 0.15) is 18.1 Å². The number of rotatable bonds is 8. The van der Waals surface area contributed by atoms with Gasteiger partial charge in [-0.25, -0.2) is 4.79 Å². The number of carboxylic acid groups (broad SMARTS) is 1. The van der Waals surface area contributed by atoms with E-state index >= 15 is 0 Å². The molecule has 0 unspecified atom stereocenters. The van der Waals surface area contributed by atoms with Gasteiger partial charge in [-0.05, 0) is 34.1 Å². The maximum atomic E-state index is 11.6. The van der Waals surface area contributed by atoms with Crippen LogP contribution in [0.15, 0.2) is 47.1 Å². The number of hydrogen-bond donors (Lipinski definition) is 3. The molecule has 0 saturated carbocycles. The number of carboxylic acids is 1. The number of hydrogen-bond acceptors (Lipinski definition) is 6. The Labute approximate surface area is 153 Å². The first-order valence-electron chi connectivity index (χ1n) is 7.44. The monoisotopic (exact) mass is 410 g/mol. The van der Waals surface area contributed by atoms with Crippen LogP contribution in [-0.2, 0) is 11.2 Å². The molecular weight excluding hydrogens is 392 g/mol. The highest BCUT2D eigenvalue weighted by Crippen LogP contribution is 2.25. The molecule has 2 rings (SSSR count). The first-order chi connectivity index (χ1) is 11.9. The van der Waals surface area contributed by atoms with Gasteiger partial charge in [0.2, 0.25) is 0 Å². The van der Waals surface area contributed by atoms with Crippen LogP contribution in [0, 0.1) is 0 Å². The summed E-state index contributed by atoms with van der Waals surface area (Å²) in [7, 11) is 1.49. The van der Waals surface area contributed by atoms with E-state index in [1.54, 1.807) is 30.3 Å². The van der Waals surface area contributed by atoms with Gasteiger partial charge in [0, 0.05) is 24.4 Å². The van der Waals surface area contributed by atoms with Gasteiger partial charge >= 0.3 is 5.97 Å². The number of nitrogens with zero attached hydrogens (tertiary/aromatic N) is 1. The third-order valence-corrected chi connectivity index (χ3v) is 4.37. The molecule has 8 heteroatoms. The van der Waals surface area contributed by atoms with Crippen molar-refractivity contribution in [3.05, 3.63) is 52.8 Å². The summed E-state index contributed by atoms with van der Waals surface area (Å²) >= 11 is 3.33. The maximum absolute atomic E-state index is 11.6. The second-order valence-corrected chi connectivity index (χ2v) is 6.30. The van der Waals surface area contributed by atoms with E-state index in [2.05, 4.69) is 20.9 Å². The van der Waals surface area contributed by atoms with E-state index in [0.717, 1.165) is 0 Å². The minimum Gasteiger partial charge on any atom is -0.497 e. The summed E-state index contributed by atoms with van der Waals surface area (Å²) in [4.78, 5) is 15.7. The summed E-state index contributed by atoms with van der Waals surface area (Å²) in [6.07, 6.45) is 1.19. The molecule has 0 saturated heterocycles. The standard InChI is InChI=1S/C17H19BrN2O5/c1-24-12-6-7-20-11(8-12)9-17(23,16(21)22)15(19)10-25-14-5-3-2-4-13(14)18/h2-8,15,23H,9-10,19H2,1H3,(H,21,22)/t15-,17+/m0/s1. The summed E-state index contributed by atoms with van der Waals surface area (Å²) in [5.41, 5.74) is 4.05. The van der Waals surface area contributed by atoms with E-state index in [1.807, 2.05) is 6.07 Å². The quantitative estimate of drug-likeness (QED) is 0.605. The van der Waals surface area contributed by atoms with E-state index in [-0.39, 0.29) is 13.0 Å². The lowest BCUT2D eigenvalue weighted by atomic mass is 9.89. The summed E-state index contributed by atoms with van der Waals surface area (Å²) in [5.74, 6) is -0.429. The van der Waals surface area contributed by atoms with Gasteiger partial charge in [-0.15, -0.1) is 0 Å². The molecule has 1 aromatic heterocycles. The summed E-state index contributed by atoms with van der Waals surface area (Å²) in [5, 5.41) is 20.1. The summed E-state index contributed by atoms with van der Waals surface area (Å²) in [6, 6.07) is 9.08. The van der Waals surface area contributed by atoms with Crippen LogP contribution in [0.3, 0.4) is 0 Å². The van der Waals surface area contributed by atoms with Crippen molar-refractivity contribution in [2.45, 2.75) is 18.1 Å². The second kappa shape index (κ2) is 8.28. The van der Waals surface area contributed by atoms with Gasteiger partial charge in [-0.3, -0.25) is 4.98 Å². The smallest absolute Gasteiger partial charge is 0.337 e. The number of para-hydroxylation sites is 1. The molecule has 0 amide bonds. The van der Waals surface area contributed by atoms with Crippen molar-refractivity contribution in [3.8, 4) is 11.5 Å². The summed E-state index contributed by atoms with van der Waals surface area (Å²) < 4.78 is 11.3. The van der Waals surface area contributed by atoms with Crippen molar-refractivity contribution in [3.63, 3.8) is 0 Å². The molecule has 0 aliphatic rings. The Morgan fingerprint density at radius 3 is 2.76 bits per heavy atom. The van der Waals surface area contributed by atoms with E-state index in [1.165, 1.54) is 13.3 Å². The minimum atomic E-state index is -2.24. The molecule has 0 fully saturated rings. The topological polar surface area (TPSA) is 115 Å². The normalized spacial score (nSPS) is 14.4. The number of ether oxygens (including phenoxy) is 2. The fourth-order valence-electron chi connectivity index (χ4n) is 2.20. The highest BCUT2D eigenvalue weighted by Gasteiger charge is 2.43. The first kappa shape index (κ1) is 19.2. The number of pyridine rings is 1. The third-order valence-electron chi connectivity index (χ3n) is 3.71. The molecule has 0 bridgehead atoms. The predicted octanol–water partition coefficient (Wildman–Crippen LogP) is 1.62. The third kappa shape index (κ3) is 4.68. The Bertz CT molecular complexity index is 742. The van der Waals surface area contributed by atoms with E-state index in [0.29, 0.717) is 21.7 Å². The SMILES string of the molecule is COc1ccnc(C[C@](O)(C(=O)O)[C@@H](N)COc2ccccc2Br)c1. The van der Waals surface area contributed by atoms with Gasteiger partial charge in [-0.2, -0.15) is 0 Å². The van der Waals surface area contributed by atoms with E-state index in [4.69, 9.17) is 15.2 Å². The van der Waals surface area contributed by atoms with Gasteiger partial charge in [0.15, 0.2) is 5.60 Å². The van der Waals surface area contributed by atoms with Crippen LogP contribution in [-0.4, -0.2) is 46.5 Å². The van der Waals surface area contributed by atoms with Crippen molar-refractivity contribution in [2.75, 3.05) is 13.7 Å². The fraction of sp³-hybridized carbons (Fsp3) is 0.294. The zero-order chi connectivity index (χ0) is 18.4. The minimum absolute atomic E-state index is 0.185. The Balaban J connectivity index is 2.14. The van der Waals surface area contributed by atoms with Gasteiger partial charge < -0.3 is 25.4 Å². The number of halogens is 1. The molecule has 0 radical (unpaired) electrons. The molecular formula is C17H19BrN2O5. The van der Waals surface area contributed by atoms with Crippen molar-refractivity contribution in [1.29, 1.82) is 0 Å². The number of methoxy groups -OCH3 is 1. The van der Waals surface area contributed by atoms with Gasteiger partial charge in [-0.1, -0.05) is 12.1 Å². The van der Waals surface area contributed by atoms with Gasteiger partial charge in [0.25, 0.3) is 0 Å². The van der Waals surface area contributed by atoms with Crippen molar-refractivity contribution in [2.24, 2.45) is 5.73 Å². The Morgan fingerprint density at radius 2 is 2.12 bits per heavy atom. The molecule has 0 aliphatic carbocycles. The predicted molar refractivity (Wildman–Crippen MR) is 94.7 cm³/mol. The Kier molecular flexibility index (Phi) is 6.35. The molecule has 1 heterocycles. The molecule has 2 atom stereocenters. The fourth-order valence-corrected chi connectivity index (χ4v) is 2.60. The number of benzene rings is 1. The molecule has 7 nitrogen and oxygen atoms in total. The zero-order valence-corrected chi connectivity index (χ0v) is 15.1. The number of carbonyl (C=O) groups is 1. The van der Waals surface area contributed by atoms with Crippen LogP contribution in [0.5, 0.6) is 11.5 Å². The zero-order valence-electron chi connectivity index (χ0n) is 13.6. The van der Waals surface area contributed by atoms with Crippen LogP contribution >= 0.6 is 15.9 Å². The Hall–Kier alpha value is -2.16. The van der Waals surface area contributed by atoms with Gasteiger partial charge in [0.05, 0.1) is 17.6 Å². The summed E-state index contributed by atoms with van der Waals surface area (Å²) in [6.45, 7) is -0.185. The van der Waals surface area contributed by atoms with Crippen molar-refractivity contribution in [1.82, 2.24) is 4.98 Å². The highest BCUT2D eigenvalue weighted by atomic mass is 79.9. The van der Waals surface area contributed by atoms with Crippen LogP contribution in [0.1, 0.15) is 5.69 Å². The van der Waals surface area contributed by atoms with Crippen LogP contribution in [0.25, 0.3) is 0 Å². The molecule has 25 heavy (non-hydrogen) atoms. The first-order valence-corrected chi connectivity index (χ1v) is 8.23. The van der Waals surface area contributed by atoms with E-state index in [9.17, 15) is 15.0 Å². The second-order valence-electron chi connectivity index (χ2n) is 5.44. The molecule has 0 spiro atoms.